The molecular weight excluding hydrogens is 216 g/mol. The molecule has 1 heterocycles. The minimum Gasteiger partial charge on any atom is -0.358 e. The Bertz CT molecular complexity index is 443. The zero-order chi connectivity index (χ0) is 12.3. The summed E-state index contributed by atoms with van der Waals surface area (Å²) in [6, 6.07) is 7.78. The number of anilines is 1. The van der Waals surface area contributed by atoms with Crippen molar-refractivity contribution in [2.24, 2.45) is 0 Å². The SMILES string of the molecule is CNC(=O)CN1C(=O)CCCc2ccccc21. The summed E-state index contributed by atoms with van der Waals surface area (Å²) < 4.78 is 0. The molecule has 0 saturated heterocycles. The summed E-state index contributed by atoms with van der Waals surface area (Å²) >= 11 is 0. The maximum Gasteiger partial charge on any atom is 0.239 e. The van der Waals surface area contributed by atoms with E-state index < -0.39 is 0 Å². The molecule has 2 amide bonds. The van der Waals surface area contributed by atoms with Crippen molar-refractivity contribution in [1.82, 2.24) is 5.32 Å². The lowest BCUT2D eigenvalue weighted by Crippen LogP contribution is -2.39. The molecule has 17 heavy (non-hydrogen) atoms. The fourth-order valence-corrected chi connectivity index (χ4v) is 2.08. The Kier molecular flexibility index (Phi) is 3.42. The van der Waals surface area contributed by atoms with Gasteiger partial charge >= 0.3 is 0 Å². The van der Waals surface area contributed by atoms with E-state index in [1.165, 1.54) is 0 Å². The van der Waals surface area contributed by atoms with Crippen molar-refractivity contribution in [3.63, 3.8) is 0 Å². The molecule has 1 aliphatic rings. The van der Waals surface area contributed by atoms with Crippen LogP contribution in [-0.4, -0.2) is 25.4 Å². The van der Waals surface area contributed by atoms with Crippen molar-refractivity contribution in [3.8, 4) is 0 Å². The quantitative estimate of drug-likeness (QED) is 0.830. The van der Waals surface area contributed by atoms with Gasteiger partial charge in [0.05, 0.1) is 0 Å². The van der Waals surface area contributed by atoms with Gasteiger partial charge in [-0.2, -0.15) is 0 Å². The molecule has 0 unspecified atom stereocenters. The predicted octanol–water partition coefficient (Wildman–Crippen LogP) is 1.10. The molecule has 0 atom stereocenters. The predicted molar refractivity (Wildman–Crippen MR) is 65.8 cm³/mol. The highest BCUT2D eigenvalue weighted by Crippen LogP contribution is 2.26. The Morgan fingerprint density at radius 2 is 2.12 bits per heavy atom. The van der Waals surface area contributed by atoms with Gasteiger partial charge in [-0.05, 0) is 24.5 Å². The molecule has 0 fully saturated rings. The summed E-state index contributed by atoms with van der Waals surface area (Å²) in [6.07, 6.45) is 2.25. The summed E-state index contributed by atoms with van der Waals surface area (Å²) in [5.74, 6) is -0.117. The fraction of sp³-hybridized carbons (Fsp3) is 0.385. The molecular formula is C13H16N2O2. The van der Waals surface area contributed by atoms with Gasteiger partial charge in [-0.25, -0.2) is 0 Å². The van der Waals surface area contributed by atoms with Crippen LogP contribution in [0.2, 0.25) is 0 Å². The van der Waals surface area contributed by atoms with Gasteiger partial charge in [0.1, 0.15) is 6.54 Å². The average Bonchev–Trinajstić information content (AvgIpc) is 2.50. The van der Waals surface area contributed by atoms with E-state index in [-0.39, 0.29) is 18.4 Å². The zero-order valence-electron chi connectivity index (χ0n) is 9.90. The number of hydrogen-bond acceptors (Lipinski definition) is 2. The molecule has 1 aromatic carbocycles. The number of nitrogens with zero attached hydrogens (tertiary/aromatic N) is 1. The summed E-state index contributed by atoms with van der Waals surface area (Å²) in [7, 11) is 1.58. The minimum atomic E-state index is -0.143. The number of carbonyl (C=O) groups excluding carboxylic acids is 2. The van der Waals surface area contributed by atoms with Crippen molar-refractivity contribution in [3.05, 3.63) is 29.8 Å². The second-order valence-electron chi connectivity index (χ2n) is 4.14. The van der Waals surface area contributed by atoms with E-state index in [1.54, 1.807) is 11.9 Å². The number of fused-ring (bicyclic) bond motifs is 1. The topological polar surface area (TPSA) is 49.4 Å². The van der Waals surface area contributed by atoms with Gasteiger partial charge in [-0.3, -0.25) is 9.59 Å². The van der Waals surface area contributed by atoms with Gasteiger partial charge in [-0.15, -0.1) is 0 Å². The molecule has 0 saturated carbocycles. The van der Waals surface area contributed by atoms with E-state index in [1.807, 2.05) is 24.3 Å². The number of rotatable bonds is 2. The number of likely N-dealkylation sites (N-methyl/N-ethyl adjacent to an activating group) is 1. The first kappa shape index (κ1) is 11.6. The highest BCUT2D eigenvalue weighted by Gasteiger charge is 2.23. The highest BCUT2D eigenvalue weighted by atomic mass is 16.2. The maximum absolute atomic E-state index is 12.0. The zero-order valence-corrected chi connectivity index (χ0v) is 9.90. The summed E-state index contributed by atoms with van der Waals surface area (Å²) in [5, 5.41) is 2.55. The first-order valence-electron chi connectivity index (χ1n) is 5.81. The van der Waals surface area contributed by atoms with Gasteiger partial charge in [-0.1, -0.05) is 18.2 Å². The van der Waals surface area contributed by atoms with E-state index >= 15 is 0 Å². The number of nitrogens with one attached hydrogen (secondary N) is 1. The lowest BCUT2D eigenvalue weighted by atomic mass is 10.1. The van der Waals surface area contributed by atoms with Crippen molar-refractivity contribution >= 4 is 17.5 Å². The van der Waals surface area contributed by atoms with Crippen LogP contribution >= 0.6 is 0 Å². The lowest BCUT2D eigenvalue weighted by Gasteiger charge is -2.21. The molecule has 4 nitrogen and oxygen atoms in total. The first-order valence-corrected chi connectivity index (χ1v) is 5.81. The number of benzene rings is 1. The smallest absolute Gasteiger partial charge is 0.239 e. The van der Waals surface area contributed by atoms with Gasteiger partial charge in [0.2, 0.25) is 11.8 Å². The van der Waals surface area contributed by atoms with Crippen LogP contribution in [-0.2, 0) is 16.0 Å². The van der Waals surface area contributed by atoms with Gasteiger partial charge in [0.25, 0.3) is 0 Å². The Morgan fingerprint density at radius 3 is 2.88 bits per heavy atom. The van der Waals surface area contributed by atoms with Gasteiger partial charge in [0.15, 0.2) is 0 Å². The molecule has 1 aromatic rings. The maximum atomic E-state index is 12.0. The third kappa shape index (κ3) is 2.46. The molecule has 0 spiro atoms. The molecule has 1 N–H and O–H groups in total. The van der Waals surface area contributed by atoms with E-state index in [9.17, 15) is 9.59 Å². The highest BCUT2D eigenvalue weighted by molar-refractivity contribution is 5.99. The number of aryl methyl sites for hydroxylation is 1. The average molecular weight is 232 g/mol. The van der Waals surface area contributed by atoms with E-state index in [2.05, 4.69) is 5.32 Å². The van der Waals surface area contributed by atoms with E-state index in [0.717, 1.165) is 24.1 Å². The third-order valence-corrected chi connectivity index (χ3v) is 3.00. The molecule has 0 radical (unpaired) electrons. The van der Waals surface area contributed by atoms with Gasteiger partial charge in [0, 0.05) is 19.2 Å². The largest absolute Gasteiger partial charge is 0.358 e. The van der Waals surface area contributed by atoms with E-state index in [4.69, 9.17) is 0 Å². The fourth-order valence-electron chi connectivity index (χ4n) is 2.08. The van der Waals surface area contributed by atoms with Crippen LogP contribution in [0.15, 0.2) is 24.3 Å². The normalized spacial score (nSPS) is 15.1. The molecule has 0 aromatic heterocycles. The molecule has 0 bridgehead atoms. The summed E-state index contributed by atoms with van der Waals surface area (Å²) in [6.45, 7) is 0.104. The molecule has 90 valence electrons. The van der Waals surface area contributed by atoms with Crippen LogP contribution in [0.4, 0.5) is 5.69 Å². The lowest BCUT2D eigenvalue weighted by molar-refractivity contribution is -0.123. The second kappa shape index (κ2) is 4.99. The summed E-state index contributed by atoms with van der Waals surface area (Å²) in [5.41, 5.74) is 2.01. The third-order valence-electron chi connectivity index (χ3n) is 3.00. The van der Waals surface area contributed by atoms with Crippen molar-refractivity contribution in [2.45, 2.75) is 19.3 Å². The number of carbonyl (C=O) groups is 2. The molecule has 4 heteroatoms. The van der Waals surface area contributed by atoms with Crippen LogP contribution in [0.5, 0.6) is 0 Å². The first-order chi connectivity index (χ1) is 8.22. The van der Waals surface area contributed by atoms with Crippen LogP contribution in [0.1, 0.15) is 18.4 Å². The van der Waals surface area contributed by atoms with Crippen LogP contribution < -0.4 is 10.2 Å². The Morgan fingerprint density at radius 1 is 1.35 bits per heavy atom. The van der Waals surface area contributed by atoms with E-state index in [0.29, 0.717) is 6.42 Å². The minimum absolute atomic E-state index is 0.0264. The monoisotopic (exact) mass is 232 g/mol. The number of hydrogen-bond donors (Lipinski definition) is 1. The molecule has 2 rings (SSSR count). The van der Waals surface area contributed by atoms with Crippen LogP contribution in [0.3, 0.4) is 0 Å². The Labute approximate surface area is 101 Å². The molecule has 0 aliphatic carbocycles. The van der Waals surface area contributed by atoms with Crippen LogP contribution in [0.25, 0.3) is 0 Å². The van der Waals surface area contributed by atoms with Crippen molar-refractivity contribution < 1.29 is 9.59 Å². The van der Waals surface area contributed by atoms with Gasteiger partial charge < -0.3 is 10.2 Å². The number of amides is 2. The van der Waals surface area contributed by atoms with Crippen molar-refractivity contribution in [2.75, 3.05) is 18.5 Å². The standard InChI is InChI=1S/C13H16N2O2/c1-14-12(16)9-15-11-7-3-2-5-10(11)6-4-8-13(15)17/h2-3,5,7H,4,6,8-9H2,1H3,(H,14,16). The Hall–Kier alpha value is -1.84. The Balaban J connectivity index is 2.33. The van der Waals surface area contributed by atoms with Crippen molar-refractivity contribution in [1.29, 1.82) is 0 Å². The van der Waals surface area contributed by atoms with Crippen LogP contribution in [0, 0.1) is 0 Å². The number of para-hydroxylation sites is 1. The second-order valence-corrected chi connectivity index (χ2v) is 4.14. The molecule has 1 aliphatic heterocycles. The summed E-state index contributed by atoms with van der Waals surface area (Å²) in [4.78, 5) is 25.0.